The molecule has 1 rings (SSSR count). The van der Waals surface area contributed by atoms with Crippen molar-refractivity contribution in [1.29, 1.82) is 10.8 Å². The van der Waals surface area contributed by atoms with Crippen LogP contribution in [0.2, 0.25) is 0 Å². The van der Waals surface area contributed by atoms with E-state index in [1.54, 1.807) is 6.07 Å². The van der Waals surface area contributed by atoms with E-state index in [4.69, 9.17) is 21.3 Å². The predicted molar refractivity (Wildman–Crippen MR) is 47.5 cm³/mol. The van der Waals surface area contributed by atoms with Crippen molar-refractivity contribution >= 4 is 11.4 Å². The monoisotopic (exact) mass is 196 g/mol. The Morgan fingerprint density at radius 3 is 2.50 bits per heavy atom. The van der Waals surface area contributed by atoms with Gasteiger partial charge in [0.1, 0.15) is 11.4 Å². The molecule has 0 aromatic heterocycles. The van der Waals surface area contributed by atoms with E-state index in [9.17, 15) is 10.1 Å². The lowest BCUT2D eigenvalue weighted by Gasteiger charge is -2.00. The highest BCUT2D eigenvalue weighted by atomic mass is 16.6. The predicted octanol–water partition coefficient (Wildman–Crippen LogP) is 1.22. The van der Waals surface area contributed by atoms with Crippen molar-refractivity contribution in [3.05, 3.63) is 28.3 Å². The summed E-state index contributed by atoms with van der Waals surface area (Å²) in [6, 6.07) is 4.30. The van der Waals surface area contributed by atoms with Crippen molar-refractivity contribution < 1.29 is 9.66 Å². The molecule has 7 heteroatoms. The normalized spacial score (nSPS) is 8.21. The Morgan fingerprint density at radius 2 is 2.07 bits per heavy atom. The largest absolute Gasteiger partial charge is 0.496 e. The number of ether oxygens (including phenoxy) is 1. The fourth-order valence-electron chi connectivity index (χ4n) is 0.809. The molecule has 74 valence electrons. The van der Waals surface area contributed by atoms with E-state index in [1.807, 2.05) is 0 Å². The second-order valence-corrected chi connectivity index (χ2v) is 2.18. The number of nitrogens with two attached hydrogens (primary N) is 1. The minimum Gasteiger partial charge on any atom is -0.496 e. The molecular formula is C7H8N4O3. The first-order valence-electron chi connectivity index (χ1n) is 3.43. The fourth-order valence-corrected chi connectivity index (χ4v) is 0.809. The van der Waals surface area contributed by atoms with Crippen molar-refractivity contribution in [3.8, 4) is 5.75 Å². The Balaban J connectivity index is 0.000000791. The average Bonchev–Trinajstić information content (AvgIpc) is 2.21. The van der Waals surface area contributed by atoms with Crippen LogP contribution in [0.15, 0.2) is 18.2 Å². The standard InChI is InChI=1S/C7H8N2O3.N2/c1-12-5-2-3-6(8)7(4-5)9(10)11;1-2/h2-4H,8H2,1H3;. The fraction of sp³-hybridized carbons (Fsp3) is 0.143. The Kier molecular flexibility index (Phi) is 4.42. The van der Waals surface area contributed by atoms with Crippen molar-refractivity contribution in [2.75, 3.05) is 12.8 Å². The topological polar surface area (TPSA) is 126 Å². The molecule has 0 fully saturated rings. The highest BCUT2D eigenvalue weighted by molar-refractivity contribution is 5.60. The Bertz CT molecular complexity index is 350. The quantitative estimate of drug-likeness (QED) is 0.328. The summed E-state index contributed by atoms with van der Waals surface area (Å²) in [7, 11) is 1.44. The number of nitrogens with zero attached hydrogens (tertiary/aromatic N) is 3. The van der Waals surface area contributed by atoms with Gasteiger partial charge in [-0.25, -0.2) is 0 Å². The van der Waals surface area contributed by atoms with E-state index in [-0.39, 0.29) is 11.4 Å². The van der Waals surface area contributed by atoms with E-state index in [0.717, 1.165) is 0 Å². The number of anilines is 1. The maximum Gasteiger partial charge on any atom is 0.295 e. The van der Waals surface area contributed by atoms with Crippen molar-refractivity contribution in [3.63, 3.8) is 0 Å². The molecule has 2 N–H and O–H groups in total. The summed E-state index contributed by atoms with van der Waals surface area (Å²) < 4.78 is 4.80. The third kappa shape index (κ3) is 2.60. The zero-order chi connectivity index (χ0) is 11.1. The first-order chi connectivity index (χ1) is 6.65. The van der Waals surface area contributed by atoms with Crippen LogP contribution in [0.3, 0.4) is 0 Å². The number of nitro benzene ring substituents is 1. The van der Waals surface area contributed by atoms with Crippen LogP contribution in [-0.2, 0) is 0 Å². The molecular weight excluding hydrogens is 188 g/mol. The van der Waals surface area contributed by atoms with Gasteiger partial charge in [0.2, 0.25) is 0 Å². The first kappa shape index (κ1) is 11.6. The van der Waals surface area contributed by atoms with Gasteiger partial charge in [0.05, 0.1) is 18.1 Å². The molecule has 0 atom stereocenters. The summed E-state index contributed by atoms with van der Waals surface area (Å²) in [5, 5.41) is 22.4. The van der Waals surface area contributed by atoms with Gasteiger partial charge in [0.15, 0.2) is 0 Å². The molecule has 1 aromatic rings. The molecule has 0 radical (unpaired) electrons. The lowest BCUT2D eigenvalue weighted by Crippen LogP contribution is -1.95. The smallest absolute Gasteiger partial charge is 0.295 e. The first-order valence-corrected chi connectivity index (χ1v) is 3.43. The molecule has 0 saturated heterocycles. The maximum atomic E-state index is 10.4. The molecule has 0 saturated carbocycles. The average molecular weight is 196 g/mol. The number of hydrogen-bond acceptors (Lipinski definition) is 6. The van der Waals surface area contributed by atoms with Crippen LogP contribution >= 0.6 is 0 Å². The van der Waals surface area contributed by atoms with Gasteiger partial charge < -0.3 is 10.5 Å². The second kappa shape index (κ2) is 5.31. The number of nitrogen functional groups attached to an aromatic ring is 1. The summed E-state index contributed by atoms with van der Waals surface area (Å²) in [4.78, 5) is 9.82. The van der Waals surface area contributed by atoms with Crippen LogP contribution in [0, 0.1) is 20.9 Å². The minimum atomic E-state index is -0.544. The molecule has 14 heavy (non-hydrogen) atoms. The van der Waals surface area contributed by atoms with E-state index in [0.29, 0.717) is 5.75 Å². The van der Waals surface area contributed by atoms with Gasteiger partial charge in [0, 0.05) is 10.8 Å². The number of nitro groups is 1. The molecule has 0 spiro atoms. The molecule has 7 nitrogen and oxygen atoms in total. The summed E-state index contributed by atoms with van der Waals surface area (Å²) >= 11 is 0. The van der Waals surface area contributed by atoms with Crippen LogP contribution in [0.5, 0.6) is 5.75 Å². The number of methoxy groups -OCH3 is 1. The van der Waals surface area contributed by atoms with Crippen molar-refractivity contribution in [2.45, 2.75) is 0 Å². The number of rotatable bonds is 2. The maximum absolute atomic E-state index is 10.4. The molecule has 0 amide bonds. The van der Waals surface area contributed by atoms with Crippen molar-refractivity contribution in [2.24, 2.45) is 0 Å². The molecule has 0 aliphatic carbocycles. The van der Waals surface area contributed by atoms with Crippen LogP contribution in [0.1, 0.15) is 0 Å². The molecule has 0 heterocycles. The highest BCUT2D eigenvalue weighted by Crippen LogP contribution is 2.25. The van der Waals surface area contributed by atoms with Crippen LogP contribution in [0.4, 0.5) is 11.4 Å². The Morgan fingerprint density at radius 1 is 1.50 bits per heavy atom. The van der Waals surface area contributed by atoms with Gasteiger partial charge in [-0.3, -0.25) is 10.1 Å². The Hall–Kier alpha value is -2.36. The SMILES string of the molecule is COc1ccc(N)c([N+](=O)[O-])c1.N#N. The lowest BCUT2D eigenvalue weighted by molar-refractivity contribution is -0.384. The van der Waals surface area contributed by atoms with E-state index >= 15 is 0 Å². The van der Waals surface area contributed by atoms with Gasteiger partial charge in [-0.1, -0.05) is 0 Å². The van der Waals surface area contributed by atoms with Crippen LogP contribution in [-0.4, -0.2) is 12.0 Å². The number of hydrogen-bond donors (Lipinski definition) is 1. The van der Waals surface area contributed by atoms with Crippen molar-refractivity contribution in [1.82, 2.24) is 0 Å². The molecule has 0 aliphatic rings. The number of benzene rings is 1. The van der Waals surface area contributed by atoms with E-state index in [2.05, 4.69) is 0 Å². The third-order valence-corrected chi connectivity index (χ3v) is 1.43. The van der Waals surface area contributed by atoms with Gasteiger partial charge in [-0.05, 0) is 12.1 Å². The zero-order valence-corrected chi connectivity index (χ0v) is 7.38. The molecule has 0 unspecified atom stereocenters. The summed E-state index contributed by atoms with van der Waals surface area (Å²) in [5.41, 5.74) is 5.36. The van der Waals surface area contributed by atoms with Crippen LogP contribution < -0.4 is 10.5 Å². The van der Waals surface area contributed by atoms with Gasteiger partial charge in [-0.15, -0.1) is 0 Å². The van der Waals surface area contributed by atoms with E-state index < -0.39 is 4.92 Å². The Labute approximate surface area is 79.7 Å². The summed E-state index contributed by atoms with van der Waals surface area (Å²) in [5.74, 6) is 0.427. The minimum absolute atomic E-state index is 0.130. The lowest BCUT2D eigenvalue weighted by atomic mass is 10.2. The van der Waals surface area contributed by atoms with Gasteiger partial charge in [0.25, 0.3) is 5.69 Å². The van der Waals surface area contributed by atoms with E-state index in [1.165, 1.54) is 19.2 Å². The summed E-state index contributed by atoms with van der Waals surface area (Å²) in [6.45, 7) is 0. The molecule has 0 aliphatic heterocycles. The second-order valence-electron chi connectivity index (χ2n) is 2.18. The third-order valence-electron chi connectivity index (χ3n) is 1.43. The van der Waals surface area contributed by atoms with Crippen LogP contribution in [0.25, 0.3) is 0 Å². The van der Waals surface area contributed by atoms with Gasteiger partial charge >= 0.3 is 0 Å². The molecule has 1 aromatic carbocycles. The highest BCUT2D eigenvalue weighted by Gasteiger charge is 2.11. The molecule has 0 bridgehead atoms. The summed E-state index contributed by atoms with van der Waals surface area (Å²) in [6.07, 6.45) is 0. The zero-order valence-electron chi connectivity index (χ0n) is 7.38. The van der Waals surface area contributed by atoms with Gasteiger partial charge in [-0.2, -0.15) is 0 Å².